The van der Waals surface area contributed by atoms with Crippen LogP contribution in [-0.4, -0.2) is 79.6 Å². The maximum Gasteiger partial charge on any atom is 0.255 e. The van der Waals surface area contributed by atoms with Crippen LogP contribution in [0.3, 0.4) is 0 Å². The molecule has 3 rings (SSSR count). The molecule has 2 aliphatic rings. The van der Waals surface area contributed by atoms with Crippen molar-refractivity contribution >= 4 is 17.7 Å². The zero-order chi connectivity index (χ0) is 19.9. The van der Waals surface area contributed by atoms with Crippen LogP contribution in [0.1, 0.15) is 30.1 Å². The third-order valence-electron chi connectivity index (χ3n) is 4.98. The van der Waals surface area contributed by atoms with Gasteiger partial charge in [0.15, 0.2) is 0 Å². The maximum absolute atomic E-state index is 12.4. The molecule has 1 aromatic rings. The summed E-state index contributed by atoms with van der Waals surface area (Å²) in [5.41, 5.74) is 0.407. The molecule has 28 heavy (non-hydrogen) atoms. The third kappa shape index (κ3) is 4.81. The molecule has 8 heteroatoms. The first kappa shape index (κ1) is 20.1. The highest BCUT2D eigenvalue weighted by Crippen LogP contribution is 2.18. The summed E-state index contributed by atoms with van der Waals surface area (Å²) in [6, 6.07) is 6.94. The van der Waals surface area contributed by atoms with Gasteiger partial charge < -0.3 is 24.6 Å². The van der Waals surface area contributed by atoms with Gasteiger partial charge in [-0.25, -0.2) is 0 Å². The Morgan fingerprint density at radius 1 is 1.14 bits per heavy atom. The van der Waals surface area contributed by atoms with Crippen LogP contribution >= 0.6 is 0 Å². The minimum atomic E-state index is -0.343. The van der Waals surface area contributed by atoms with Crippen molar-refractivity contribution in [2.24, 2.45) is 0 Å². The van der Waals surface area contributed by atoms with Gasteiger partial charge in [-0.15, -0.1) is 0 Å². The van der Waals surface area contributed by atoms with Gasteiger partial charge in [0.25, 0.3) is 11.8 Å². The highest BCUT2D eigenvalue weighted by Gasteiger charge is 2.31. The Kier molecular flexibility index (Phi) is 6.86. The molecule has 2 aliphatic heterocycles. The average molecular weight is 389 g/mol. The Morgan fingerprint density at radius 3 is 2.54 bits per heavy atom. The zero-order valence-electron chi connectivity index (χ0n) is 16.2. The number of carbonyl (C=O) groups excluding carboxylic acids is 3. The van der Waals surface area contributed by atoms with Gasteiger partial charge in [-0.2, -0.15) is 0 Å². The van der Waals surface area contributed by atoms with E-state index in [0.717, 1.165) is 12.8 Å². The van der Waals surface area contributed by atoms with Crippen molar-refractivity contribution in [1.29, 1.82) is 0 Å². The zero-order valence-corrected chi connectivity index (χ0v) is 16.2. The Morgan fingerprint density at radius 2 is 1.86 bits per heavy atom. The number of hydrogen-bond donors (Lipinski definition) is 1. The van der Waals surface area contributed by atoms with E-state index in [1.54, 1.807) is 34.1 Å². The smallest absolute Gasteiger partial charge is 0.255 e. The van der Waals surface area contributed by atoms with Crippen molar-refractivity contribution in [3.05, 3.63) is 29.8 Å². The molecule has 0 bridgehead atoms. The van der Waals surface area contributed by atoms with Crippen LogP contribution in [0.4, 0.5) is 0 Å². The second kappa shape index (κ2) is 9.54. The molecule has 1 N–H and O–H groups in total. The van der Waals surface area contributed by atoms with E-state index in [4.69, 9.17) is 9.47 Å². The van der Waals surface area contributed by atoms with E-state index in [1.807, 2.05) is 6.92 Å². The molecular weight excluding hydrogens is 362 g/mol. The monoisotopic (exact) mass is 389 g/mol. The number of benzene rings is 1. The topological polar surface area (TPSA) is 88.2 Å². The minimum Gasteiger partial charge on any atom is -0.493 e. The van der Waals surface area contributed by atoms with Crippen molar-refractivity contribution in [2.45, 2.75) is 25.9 Å². The number of hydrogen-bond acceptors (Lipinski definition) is 5. The van der Waals surface area contributed by atoms with Crippen molar-refractivity contribution in [1.82, 2.24) is 15.1 Å². The van der Waals surface area contributed by atoms with Crippen LogP contribution in [0.5, 0.6) is 5.75 Å². The van der Waals surface area contributed by atoms with Gasteiger partial charge in [0.1, 0.15) is 11.9 Å². The molecule has 0 spiro atoms. The fraction of sp³-hybridized carbons (Fsp3) is 0.550. The van der Waals surface area contributed by atoms with Crippen molar-refractivity contribution in [3.63, 3.8) is 0 Å². The quantitative estimate of drug-likeness (QED) is 0.772. The van der Waals surface area contributed by atoms with Crippen LogP contribution in [-0.2, 0) is 14.3 Å². The number of carbonyl (C=O) groups is 3. The summed E-state index contributed by atoms with van der Waals surface area (Å²) >= 11 is 0. The molecule has 0 saturated carbocycles. The summed E-state index contributed by atoms with van der Waals surface area (Å²) < 4.78 is 10.9. The van der Waals surface area contributed by atoms with E-state index in [0.29, 0.717) is 50.7 Å². The molecule has 1 unspecified atom stereocenters. The lowest BCUT2D eigenvalue weighted by Crippen LogP contribution is -2.54. The molecule has 2 saturated heterocycles. The highest BCUT2D eigenvalue weighted by atomic mass is 16.5. The molecule has 0 aromatic heterocycles. The molecule has 152 valence electrons. The Bertz CT molecular complexity index is 710. The molecule has 2 fully saturated rings. The first-order chi connectivity index (χ1) is 13.6. The van der Waals surface area contributed by atoms with Crippen LogP contribution < -0.4 is 10.1 Å². The average Bonchev–Trinajstić information content (AvgIpc) is 3.27. The summed E-state index contributed by atoms with van der Waals surface area (Å²) in [5, 5.41) is 2.66. The number of rotatable bonds is 6. The van der Waals surface area contributed by atoms with E-state index in [-0.39, 0.29) is 30.4 Å². The summed E-state index contributed by atoms with van der Waals surface area (Å²) in [6.45, 7) is 4.77. The number of amides is 3. The van der Waals surface area contributed by atoms with E-state index < -0.39 is 0 Å². The second-order valence-electron chi connectivity index (χ2n) is 6.82. The van der Waals surface area contributed by atoms with Gasteiger partial charge in [-0.3, -0.25) is 14.4 Å². The molecule has 3 amide bonds. The fourth-order valence-electron chi connectivity index (χ4n) is 3.45. The Balaban J connectivity index is 1.46. The molecule has 1 atom stereocenters. The first-order valence-electron chi connectivity index (χ1n) is 9.78. The molecular formula is C20H27N3O5. The third-order valence-corrected chi connectivity index (χ3v) is 4.98. The largest absolute Gasteiger partial charge is 0.493 e. The normalized spacial score (nSPS) is 19.4. The number of piperazine rings is 1. The molecule has 1 aromatic carbocycles. The van der Waals surface area contributed by atoms with Gasteiger partial charge >= 0.3 is 0 Å². The summed E-state index contributed by atoms with van der Waals surface area (Å²) in [6.07, 6.45) is 1.36. The Hall–Kier alpha value is -2.61. The number of nitrogens with zero attached hydrogens (tertiary/aromatic N) is 2. The summed E-state index contributed by atoms with van der Waals surface area (Å²) in [7, 11) is 0. The van der Waals surface area contributed by atoms with Gasteiger partial charge in [0.05, 0.1) is 18.7 Å². The van der Waals surface area contributed by atoms with Gasteiger partial charge in [-0.05, 0) is 31.9 Å². The van der Waals surface area contributed by atoms with Crippen molar-refractivity contribution < 1.29 is 23.9 Å². The minimum absolute atomic E-state index is 0.0189. The summed E-state index contributed by atoms with van der Waals surface area (Å²) in [5.74, 6) is 0.0118. The van der Waals surface area contributed by atoms with E-state index in [1.165, 1.54) is 0 Å². The predicted molar refractivity (Wildman–Crippen MR) is 102 cm³/mol. The number of ether oxygens (including phenoxy) is 2. The standard InChI is InChI=1S/C20H27N3O5/c1-2-27-16-7-4-3-6-15(16)19(25)21-14-18(24)22-9-11-23(12-10-22)20(26)17-8-5-13-28-17/h3-4,6-7,17H,2,5,8-14H2,1H3,(H,21,25). The van der Waals surface area contributed by atoms with Crippen molar-refractivity contribution in [2.75, 3.05) is 45.9 Å². The van der Waals surface area contributed by atoms with E-state index in [2.05, 4.69) is 5.32 Å². The number of para-hydroxylation sites is 1. The molecule has 8 nitrogen and oxygen atoms in total. The maximum atomic E-state index is 12.4. The second-order valence-corrected chi connectivity index (χ2v) is 6.82. The fourth-order valence-corrected chi connectivity index (χ4v) is 3.45. The lowest BCUT2D eigenvalue weighted by Gasteiger charge is -2.35. The van der Waals surface area contributed by atoms with Crippen LogP contribution in [0.2, 0.25) is 0 Å². The van der Waals surface area contributed by atoms with E-state index >= 15 is 0 Å². The van der Waals surface area contributed by atoms with Gasteiger partial charge in [0.2, 0.25) is 5.91 Å². The lowest BCUT2D eigenvalue weighted by atomic mass is 10.2. The van der Waals surface area contributed by atoms with Crippen LogP contribution in [0.25, 0.3) is 0 Å². The lowest BCUT2D eigenvalue weighted by molar-refractivity contribution is -0.145. The van der Waals surface area contributed by atoms with Crippen LogP contribution in [0.15, 0.2) is 24.3 Å². The molecule has 0 aliphatic carbocycles. The van der Waals surface area contributed by atoms with Gasteiger partial charge in [0, 0.05) is 32.8 Å². The SMILES string of the molecule is CCOc1ccccc1C(=O)NCC(=O)N1CCN(C(=O)C2CCCO2)CC1. The van der Waals surface area contributed by atoms with Gasteiger partial charge in [-0.1, -0.05) is 12.1 Å². The molecule has 2 heterocycles. The first-order valence-corrected chi connectivity index (χ1v) is 9.78. The summed E-state index contributed by atoms with van der Waals surface area (Å²) in [4.78, 5) is 40.6. The highest BCUT2D eigenvalue weighted by molar-refractivity contribution is 5.98. The Labute approximate surface area is 164 Å². The van der Waals surface area contributed by atoms with Crippen LogP contribution in [0, 0.1) is 0 Å². The van der Waals surface area contributed by atoms with Crippen molar-refractivity contribution in [3.8, 4) is 5.75 Å². The number of nitrogens with one attached hydrogen (secondary N) is 1. The molecule has 0 radical (unpaired) electrons. The van der Waals surface area contributed by atoms with E-state index in [9.17, 15) is 14.4 Å². The predicted octanol–water partition coefficient (Wildman–Crippen LogP) is 0.665.